The van der Waals surface area contributed by atoms with Gasteiger partial charge in [-0.25, -0.2) is 0 Å². The van der Waals surface area contributed by atoms with Crippen LogP contribution in [0.2, 0.25) is 0 Å². The van der Waals surface area contributed by atoms with Gasteiger partial charge < -0.3 is 10.6 Å². The Kier molecular flexibility index (Phi) is 4.67. The molecule has 0 aromatic carbocycles. The number of piperidine rings is 1. The Bertz CT molecular complexity index is 487. The highest BCUT2D eigenvalue weighted by Crippen LogP contribution is 2.10. The molecule has 1 aliphatic heterocycles. The first kappa shape index (κ1) is 14.4. The Morgan fingerprint density at radius 2 is 2.50 bits per heavy atom. The zero-order chi connectivity index (χ0) is 14.5. The number of hydrogen-bond acceptors (Lipinski definition) is 5. The van der Waals surface area contributed by atoms with Crippen molar-refractivity contribution in [3.05, 3.63) is 22.5 Å². The third-order valence-electron chi connectivity index (χ3n) is 3.51. The van der Waals surface area contributed by atoms with Crippen molar-refractivity contribution in [2.75, 3.05) is 6.54 Å². The monoisotopic (exact) mass is 281 g/mol. The Morgan fingerprint density at radius 3 is 3.15 bits per heavy atom. The molecule has 2 unspecified atom stereocenters. The van der Waals surface area contributed by atoms with Gasteiger partial charge in [-0.3, -0.25) is 19.6 Å². The first-order valence-corrected chi connectivity index (χ1v) is 6.76. The average molecular weight is 281 g/mol. The largest absolute Gasteiger partial charge is 0.352 e. The number of amides is 1. The van der Waals surface area contributed by atoms with Crippen LogP contribution in [0.25, 0.3) is 0 Å². The summed E-state index contributed by atoms with van der Waals surface area (Å²) in [5.41, 5.74) is -0.0597. The van der Waals surface area contributed by atoms with Gasteiger partial charge in [-0.1, -0.05) is 0 Å². The fourth-order valence-corrected chi connectivity index (χ4v) is 2.31. The van der Waals surface area contributed by atoms with Crippen LogP contribution < -0.4 is 10.6 Å². The van der Waals surface area contributed by atoms with Gasteiger partial charge in [0.2, 0.25) is 5.91 Å². The molecule has 2 heterocycles. The number of carbonyl (C=O) groups excluding carboxylic acids is 1. The lowest BCUT2D eigenvalue weighted by Gasteiger charge is -2.30. The summed E-state index contributed by atoms with van der Waals surface area (Å²) in [6.45, 7) is 3.39. The molecule has 0 saturated carbocycles. The molecule has 20 heavy (non-hydrogen) atoms. The van der Waals surface area contributed by atoms with Gasteiger partial charge in [0.1, 0.15) is 12.4 Å². The van der Waals surface area contributed by atoms with Crippen LogP contribution >= 0.6 is 0 Å². The van der Waals surface area contributed by atoms with Gasteiger partial charge in [0.05, 0.1) is 4.92 Å². The zero-order valence-electron chi connectivity index (χ0n) is 11.4. The highest BCUT2D eigenvalue weighted by molar-refractivity contribution is 5.76. The second-order valence-electron chi connectivity index (χ2n) is 5.03. The molecule has 2 atom stereocenters. The quantitative estimate of drug-likeness (QED) is 0.602. The Hall–Kier alpha value is -1.96. The van der Waals surface area contributed by atoms with E-state index >= 15 is 0 Å². The first-order valence-electron chi connectivity index (χ1n) is 6.76. The van der Waals surface area contributed by atoms with E-state index in [2.05, 4.69) is 22.7 Å². The molecule has 1 aromatic heterocycles. The summed E-state index contributed by atoms with van der Waals surface area (Å²) < 4.78 is 1.42. The Balaban J connectivity index is 1.78. The van der Waals surface area contributed by atoms with Crippen LogP contribution in [-0.2, 0) is 11.3 Å². The number of rotatable bonds is 5. The molecule has 0 bridgehead atoms. The van der Waals surface area contributed by atoms with E-state index in [0.29, 0.717) is 6.54 Å². The smallest absolute Gasteiger partial charge is 0.306 e. The van der Waals surface area contributed by atoms with Crippen molar-refractivity contribution in [3.8, 4) is 0 Å². The van der Waals surface area contributed by atoms with Crippen molar-refractivity contribution in [1.82, 2.24) is 20.4 Å². The van der Waals surface area contributed by atoms with E-state index in [-0.39, 0.29) is 30.1 Å². The van der Waals surface area contributed by atoms with Crippen LogP contribution in [0.3, 0.4) is 0 Å². The van der Waals surface area contributed by atoms with Crippen LogP contribution in [-0.4, -0.2) is 39.2 Å². The molecule has 2 N–H and O–H groups in total. The average Bonchev–Trinajstić information content (AvgIpc) is 2.88. The molecule has 1 saturated heterocycles. The number of hydrogen-bond donors (Lipinski definition) is 2. The number of nitrogens with one attached hydrogen (secondary N) is 2. The van der Waals surface area contributed by atoms with Crippen LogP contribution in [0, 0.1) is 10.1 Å². The van der Waals surface area contributed by atoms with Gasteiger partial charge in [0.25, 0.3) is 0 Å². The first-order chi connectivity index (χ1) is 9.56. The van der Waals surface area contributed by atoms with E-state index in [1.165, 1.54) is 17.1 Å². The molecule has 2 rings (SSSR count). The van der Waals surface area contributed by atoms with Gasteiger partial charge in [0.15, 0.2) is 0 Å². The molecule has 1 amide bonds. The standard InChI is InChI=1S/C12H19N5O3/c1-9-11(3-2-5-13-9)15-12(18)4-6-16-8-10(7-14-16)17(19)20/h7-9,11,13H,2-6H2,1H3,(H,15,18). The number of nitro groups is 1. The predicted molar refractivity (Wildman–Crippen MR) is 72.1 cm³/mol. The van der Waals surface area contributed by atoms with Gasteiger partial charge in [0, 0.05) is 25.0 Å². The number of nitrogens with zero attached hydrogens (tertiary/aromatic N) is 3. The normalized spacial score (nSPS) is 22.4. The van der Waals surface area contributed by atoms with E-state index in [4.69, 9.17) is 0 Å². The summed E-state index contributed by atoms with van der Waals surface area (Å²) in [5.74, 6) is -0.0521. The Morgan fingerprint density at radius 1 is 1.70 bits per heavy atom. The van der Waals surface area contributed by atoms with Crippen molar-refractivity contribution < 1.29 is 9.72 Å². The summed E-state index contributed by atoms with van der Waals surface area (Å²) in [5, 5.41) is 20.7. The van der Waals surface area contributed by atoms with Crippen LogP contribution in [0.5, 0.6) is 0 Å². The molecule has 8 nitrogen and oxygen atoms in total. The summed E-state index contributed by atoms with van der Waals surface area (Å²) in [4.78, 5) is 21.9. The number of aryl methyl sites for hydroxylation is 1. The molecular formula is C12H19N5O3. The maximum atomic E-state index is 11.9. The van der Waals surface area contributed by atoms with E-state index < -0.39 is 4.92 Å². The Labute approximate surface area is 116 Å². The van der Waals surface area contributed by atoms with E-state index in [0.717, 1.165) is 19.4 Å². The second kappa shape index (κ2) is 6.47. The maximum Gasteiger partial charge on any atom is 0.306 e. The molecule has 1 aromatic rings. The molecule has 0 aliphatic carbocycles. The van der Waals surface area contributed by atoms with Gasteiger partial charge in [-0.2, -0.15) is 5.10 Å². The minimum absolute atomic E-state index is 0.0521. The van der Waals surface area contributed by atoms with Crippen molar-refractivity contribution >= 4 is 11.6 Å². The topological polar surface area (TPSA) is 102 Å². The maximum absolute atomic E-state index is 11.9. The lowest BCUT2D eigenvalue weighted by Crippen LogP contribution is -2.52. The molecule has 1 aliphatic rings. The zero-order valence-corrected chi connectivity index (χ0v) is 11.4. The van der Waals surface area contributed by atoms with Crippen molar-refractivity contribution in [1.29, 1.82) is 0 Å². The van der Waals surface area contributed by atoms with Crippen LogP contribution in [0.15, 0.2) is 12.4 Å². The lowest BCUT2D eigenvalue weighted by molar-refractivity contribution is -0.385. The summed E-state index contributed by atoms with van der Waals surface area (Å²) in [6, 6.07) is 0.432. The van der Waals surface area contributed by atoms with Gasteiger partial charge >= 0.3 is 5.69 Å². The third-order valence-corrected chi connectivity index (χ3v) is 3.51. The predicted octanol–water partition coefficient (Wildman–Crippen LogP) is 0.438. The fourth-order valence-electron chi connectivity index (χ4n) is 2.31. The lowest BCUT2D eigenvalue weighted by atomic mass is 10.00. The van der Waals surface area contributed by atoms with Crippen molar-refractivity contribution in [3.63, 3.8) is 0 Å². The molecule has 8 heteroatoms. The number of aromatic nitrogens is 2. The van der Waals surface area contributed by atoms with Gasteiger partial charge in [-0.15, -0.1) is 0 Å². The van der Waals surface area contributed by atoms with Gasteiger partial charge in [-0.05, 0) is 26.3 Å². The van der Waals surface area contributed by atoms with Crippen LogP contribution in [0.1, 0.15) is 26.2 Å². The second-order valence-corrected chi connectivity index (χ2v) is 5.03. The van der Waals surface area contributed by atoms with E-state index in [1.807, 2.05) is 0 Å². The molecule has 110 valence electrons. The highest BCUT2D eigenvalue weighted by Gasteiger charge is 2.22. The summed E-state index contributed by atoms with van der Waals surface area (Å²) >= 11 is 0. The number of carbonyl (C=O) groups is 1. The van der Waals surface area contributed by atoms with E-state index in [1.54, 1.807) is 0 Å². The third kappa shape index (κ3) is 3.77. The molecule has 0 radical (unpaired) electrons. The minimum Gasteiger partial charge on any atom is -0.352 e. The molecular weight excluding hydrogens is 262 g/mol. The SMILES string of the molecule is CC1NCCCC1NC(=O)CCn1cc([N+](=O)[O-])cn1. The minimum atomic E-state index is -0.501. The fraction of sp³-hybridized carbons (Fsp3) is 0.667. The molecule has 1 fully saturated rings. The van der Waals surface area contributed by atoms with Crippen LogP contribution in [0.4, 0.5) is 5.69 Å². The highest BCUT2D eigenvalue weighted by atomic mass is 16.6. The van der Waals surface area contributed by atoms with Crippen molar-refractivity contribution in [2.45, 2.75) is 44.8 Å². The van der Waals surface area contributed by atoms with Crippen molar-refractivity contribution in [2.24, 2.45) is 0 Å². The van der Waals surface area contributed by atoms with E-state index in [9.17, 15) is 14.9 Å². The molecule has 0 spiro atoms. The summed E-state index contributed by atoms with van der Waals surface area (Å²) in [6.07, 6.45) is 4.82. The summed E-state index contributed by atoms with van der Waals surface area (Å²) in [7, 11) is 0.